The van der Waals surface area contributed by atoms with Gasteiger partial charge in [-0.1, -0.05) is 41.6 Å². The Kier molecular flexibility index (Phi) is 6.05. The molecular formula is C20H19N7OS2. The fraction of sp³-hybridized carbons (Fsp3) is 0.150. The molecule has 0 unspecified atom stereocenters. The minimum atomic E-state index is -0.258. The van der Waals surface area contributed by atoms with E-state index in [2.05, 4.69) is 51.4 Å². The Morgan fingerprint density at radius 1 is 1.23 bits per heavy atom. The summed E-state index contributed by atoms with van der Waals surface area (Å²) in [7, 11) is 0. The van der Waals surface area contributed by atoms with Gasteiger partial charge < -0.3 is 10.4 Å². The zero-order chi connectivity index (χ0) is 20.9. The third-order valence-corrected chi connectivity index (χ3v) is 5.99. The molecular weight excluding hydrogens is 418 g/mol. The number of carbonyl (C=O) groups excluding carboxylic acids is 1. The molecule has 4 rings (SSSR count). The summed E-state index contributed by atoms with van der Waals surface area (Å²) in [5, 5.41) is 10.5. The number of nitrogen functional groups attached to an aromatic ring is 1. The molecule has 1 amide bonds. The van der Waals surface area contributed by atoms with Crippen LogP contribution in [0.2, 0.25) is 0 Å². The standard InChI is InChI=1S/C20H19N7OS2/c1-14-4-6-15(7-5-14)12-26-9-10-29-19(26)23-17(28)13-30-20-25-24-18(27(20)21)16-3-2-8-22-11-16/h2-11H,12-13,21H2,1H3. The van der Waals surface area contributed by atoms with Gasteiger partial charge in [0.25, 0.3) is 5.91 Å². The number of nitrogens with zero attached hydrogens (tertiary/aromatic N) is 6. The van der Waals surface area contributed by atoms with Gasteiger partial charge >= 0.3 is 0 Å². The first-order valence-electron chi connectivity index (χ1n) is 9.11. The van der Waals surface area contributed by atoms with Gasteiger partial charge in [0, 0.05) is 36.1 Å². The number of amides is 1. The van der Waals surface area contributed by atoms with E-state index < -0.39 is 0 Å². The molecule has 0 aliphatic rings. The summed E-state index contributed by atoms with van der Waals surface area (Å²) in [5.74, 6) is 6.42. The first-order chi connectivity index (χ1) is 14.6. The number of carbonyl (C=O) groups is 1. The second kappa shape index (κ2) is 9.06. The normalized spacial score (nSPS) is 11.7. The van der Waals surface area contributed by atoms with Crippen molar-refractivity contribution in [2.75, 3.05) is 11.6 Å². The number of thioether (sulfide) groups is 1. The van der Waals surface area contributed by atoms with Crippen molar-refractivity contribution in [3.63, 3.8) is 0 Å². The van der Waals surface area contributed by atoms with Crippen LogP contribution in [0.1, 0.15) is 11.1 Å². The van der Waals surface area contributed by atoms with Crippen molar-refractivity contribution >= 4 is 29.0 Å². The molecule has 10 heteroatoms. The van der Waals surface area contributed by atoms with E-state index in [4.69, 9.17) is 5.84 Å². The van der Waals surface area contributed by atoms with Gasteiger partial charge in [-0.05, 0) is 24.6 Å². The Hall–Kier alpha value is -3.24. The van der Waals surface area contributed by atoms with Crippen molar-refractivity contribution in [2.24, 2.45) is 4.99 Å². The van der Waals surface area contributed by atoms with Gasteiger partial charge in [0.2, 0.25) is 5.16 Å². The van der Waals surface area contributed by atoms with E-state index in [9.17, 15) is 4.79 Å². The molecule has 0 aliphatic carbocycles. The lowest BCUT2D eigenvalue weighted by Crippen LogP contribution is -2.18. The first kappa shape index (κ1) is 20.0. The third-order valence-electron chi connectivity index (χ3n) is 4.26. The first-order valence-corrected chi connectivity index (χ1v) is 11.0. The summed E-state index contributed by atoms with van der Waals surface area (Å²) >= 11 is 2.63. The van der Waals surface area contributed by atoms with Crippen molar-refractivity contribution in [3.8, 4) is 11.4 Å². The maximum Gasteiger partial charge on any atom is 0.258 e. The van der Waals surface area contributed by atoms with Crippen LogP contribution in [-0.2, 0) is 11.3 Å². The zero-order valence-corrected chi connectivity index (χ0v) is 17.8. The van der Waals surface area contributed by atoms with Gasteiger partial charge in [-0.25, -0.2) is 4.68 Å². The Morgan fingerprint density at radius 2 is 2.07 bits per heavy atom. The number of nitrogens with two attached hydrogens (primary N) is 1. The van der Waals surface area contributed by atoms with Gasteiger partial charge in [0.05, 0.1) is 5.75 Å². The second-order valence-corrected chi connectivity index (χ2v) is 8.33. The number of pyridine rings is 1. The van der Waals surface area contributed by atoms with Crippen LogP contribution in [0.5, 0.6) is 0 Å². The predicted octanol–water partition coefficient (Wildman–Crippen LogP) is 2.49. The average Bonchev–Trinajstić information content (AvgIpc) is 3.35. The van der Waals surface area contributed by atoms with Crippen molar-refractivity contribution in [1.82, 2.24) is 24.4 Å². The van der Waals surface area contributed by atoms with Gasteiger partial charge in [-0.3, -0.25) is 9.78 Å². The number of aromatic nitrogens is 5. The average molecular weight is 438 g/mol. The topological polar surface area (TPSA) is 104 Å². The molecule has 152 valence electrons. The highest BCUT2D eigenvalue weighted by Crippen LogP contribution is 2.20. The molecule has 0 fully saturated rings. The van der Waals surface area contributed by atoms with E-state index >= 15 is 0 Å². The second-order valence-electron chi connectivity index (χ2n) is 6.51. The number of hydrogen-bond acceptors (Lipinski definition) is 7. The summed E-state index contributed by atoms with van der Waals surface area (Å²) in [6.07, 6.45) is 5.26. The molecule has 30 heavy (non-hydrogen) atoms. The lowest BCUT2D eigenvalue weighted by molar-refractivity contribution is -0.115. The lowest BCUT2D eigenvalue weighted by Gasteiger charge is -2.04. The maximum absolute atomic E-state index is 12.4. The monoisotopic (exact) mass is 437 g/mol. The molecule has 3 heterocycles. The van der Waals surface area contributed by atoms with Crippen LogP contribution in [0.25, 0.3) is 11.4 Å². The molecule has 0 saturated heterocycles. The molecule has 0 saturated carbocycles. The van der Waals surface area contributed by atoms with E-state index in [1.165, 1.54) is 33.3 Å². The Labute approximate surface area is 181 Å². The maximum atomic E-state index is 12.4. The molecule has 3 aromatic heterocycles. The quantitative estimate of drug-likeness (QED) is 0.367. The van der Waals surface area contributed by atoms with Crippen LogP contribution in [0.3, 0.4) is 0 Å². The fourth-order valence-electron chi connectivity index (χ4n) is 2.73. The number of aryl methyl sites for hydroxylation is 1. The van der Waals surface area contributed by atoms with Crippen LogP contribution in [0, 0.1) is 6.92 Å². The van der Waals surface area contributed by atoms with Crippen LogP contribution < -0.4 is 10.6 Å². The SMILES string of the molecule is Cc1ccc(Cn2ccsc2=NC(=O)CSc2nnc(-c3cccnc3)n2N)cc1. The highest BCUT2D eigenvalue weighted by Gasteiger charge is 2.13. The zero-order valence-electron chi connectivity index (χ0n) is 16.2. The van der Waals surface area contributed by atoms with Gasteiger partial charge in [-0.2, -0.15) is 4.99 Å². The van der Waals surface area contributed by atoms with Crippen molar-refractivity contribution in [2.45, 2.75) is 18.6 Å². The minimum Gasteiger partial charge on any atom is -0.335 e. The predicted molar refractivity (Wildman–Crippen MR) is 117 cm³/mol. The molecule has 0 spiro atoms. The molecule has 8 nitrogen and oxygen atoms in total. The van der Waals surface area contributed by atoms with Gasteiger partial charge in [-0.15, -0.1) is 21.5 Å². The Balaban J connectivity index is 1.43. The van der Waals surface area contributed by atoms with E-state index in [0.29, 0.717) is 22.3 Å². The summed E-state index contributed by atoms with van der Waals surface area (Å²) in [4.78, 5) is 21.4. The fourth-order valence-corrected chi connectivity index (χ4v) is 4.12. The molecule has 0 aliphatic heterocycles. The molecule has 0 atom stereocenters. The van der Waals surface area contributed by atoms with E-state index in [1.807, 2.05) is 22.2 Å². The van der Waals surface area contributed by atoms with Crippen LogP contribution >= 0.6 is 23.1 Å². The number of benzene rings is 1. The third kappa shape index (κ3) is 4.66. The summed E-state index contributed by atoms with van der Waals surface area (Å²) in [5.41, 5.74) is 3.12. The summed E-state index contributed by atoms with van der Waals surface area (Å²) < 4.78 is 3.32. The van der Waals surface area contributed by atoms with Crippen LogP contribution in [0.15, 0.2) is 70.5 Å². The van der Waals surface area contributed by atoms with Crippen molar-refractivity contribution in [3.05, 3.63) is 76.3 Å². The molecule has 4 aromatic rings. The van der Waals surface area contributed by atoms with Crippen LogP contribution in [-0.4, -0.2) is 36.1 Å². The van der Waals surface area contributed by atoms with Crippen LogP contribution in [0.4, 0.5) is 0 Å². The van der Waals surface area contributed by atoms with Gasteiger partial charge in [0.15, 0.2) is 10.6 Å². The highest BCUT2D eigenvalue weighted by molar-refractivity contribution is 7.99. The Bertz CT molecular complexity index is 1210. The molecule has 1 aromatic carbocycles. The Morgan fingerprint density at radius 3 is 2.83 bits per heavy atom. The van der Waals surface area contributed by atoms with E-state index in [1.54, 1.807) is 18.5 Å². The summed E-state index contributed by atoms with van der Waals surface area (Å²) in [6.45, 7) is 2.72. The van der Waals surface area contributed by atoms with E-state index in [-0.39, 0.29) is 11.7 Å². The lowest BCUT2D eigenvalue weighted by atomic mass is 10.1. The minimum absolute atomic E-state index is 0.116. The number of hydrogen-bond donors (Lipinski definition) is 1. The number of rotatable bonds is 6. The van der Waals surface area contributed by atoms with Crippen molar-refractivity contribution in [1.29, 1.82) is 0 Å². The molecule has 0 radical (unpaired) electrons. The highest BCUT2D eigenvalue weighted by atomic mass is 32.2. The van der Waals surface area contributed by atoms with Crippen molar-refractivity contribution < 1.29 is 4.79 Å². The molecule has 2 N–H and O–H groups in total. The smallest absolute Gasteiger partial charge is 0.258 e. The van der Waals surface area contributed by atoms with E-state index in [0.717, 1.165) is 11.1 Å². The largest absolute Gasteiger partial charge is 0.335 e. The summed E-state index contributed by atoms with van der Waals surface area (Å²) in [6, 6.07) is 11.9. The molecule has 0 bridgehead atoms. The van der Waals surface area contributed by atoms with Gasteiger partial charge in [0.1, 0.15) is 0 Å². The number of thiazole rings is 1.